The molecule has 68 valence electrons. The number of carbonyl (C=O) groups is 1. The topological polar surface area (TPSA) is 37.3 Å². The van der Waals surface area contributed by atoms with Crippen LogP contribution in [0.3, 0.4) is 0 Å². The van der Waals surface area contributed by atoms with Crippen LogP contribution in [-0.4, -0.2) is 11.1 Å². The van der Waals surface area contributed by atoms with Gasteiger partial charge < -0.3 is 5.11 Å². The molecule has 0 radical (unpaired) electrons. The van der Waals surface area contributed by atoms with Crippen molar-refractivity contribution < 1.29 is 9.90 Å². The van der Waals surface area contributed by atoms with Crippen LogP contribution in [0.4, 0.5) is 0 Å². The lowest BCUT2D eigenvalue weighted by atomic mass is 9.58. The molecule has 1 aromatic carbocycles. The number of carboxylic acids is 1. The number of hydrogen-bond donors (Lipinski definition) is 1. The van der Waals surface area contributed by atoms with Gasteiger partial charge in [0.25, 0.3) is 0 Å². The van der Waals surface area contributed by atoms with Crippen LogP contribution in [0.25, 0.3) is 0 Å². The normalized spacial score (nSPS) is 23.1. The van der Waals surface area contributed by atoms with Crippen molar-refractivity contribution in [1.29, 1.82) is 0 Å². The summed E-state index contributed by atoms with van der Waals surface area (Å²) in [5.74, 6) is -1.05. The summed E-state index contributed by atoms with van der Waals surface area (Å²) in [6.45, 7) is 3.96. The Kier molecular flexibility index (Phi) is 1.50. The first-order chi connectivity index (χ1) is 6.05. The third-order valence-corrected chi connectivity index (χ3v) is 2.93. The first-order valence-electron chi connectivity index (χ1n) is 4.37. The number of hydrogen-bond acceptors (Lipinski definition) is 1. The van der Waals surface area contributed by atoms with E-state index in [9.17, 15) is 4.79 Å². The number of fused-ring (bicyclic) bond motifs is 1. The van der Waals surface area contributed by atoms with E-state index in [2.05, 4.69) is 0 Å². The Morgan fingerprint density at radius 1 is 1.38 bits per heavy atom. The summed E-state index contributed by atoms with van der Waals surface area (Å²) in [6, 6.07) is 7.76. The minimum atomic E-state index is -0.719. The Bertz CT molecular complexity index is 366. The van der Waals surface area contributed by atoms with E-state index in [0.29, 0.717) is 0 Å². The maximum Gasteiger partial charge on any atom is 0.311 e. The maximum absolute atomic E-state index is 11.0. The molecule has 0 fully saturated rings. The molecular weight excluding hydrogens is 164 g/mol. The smallest absolute Gasteiger partial charge is 0.311 e. The van der Waals surface area contributed by atoms with Gasteiger partial charge in [0.1, 0.15) is 0 Å². The predicted molar refractivity (Wildman–Crippen MR) is 49.8 cm³/mol. The average Bonchev–Trinajstić information content (AvgIpc) is 2.03. The van der Waals surface area contributed by atoms with Crippen molar-refractivity contribution in [3.05, 3.63) is 35.4 Å². The highest BCUT2D eigenvalue weighted by Gasteiger charge is 2.48. The molecule has 2 nitrogen and oxygen atoms in total. The Hall–Kier alpha value is -1.31. The lowest BCUT2D eigenvalue weighted by molar-refractivity contribution is -0.141. The fourth-order valence-corrected chi connectivity index (χ4v) is 2.24. The molecule has 0 saturated heterocycles. The number of benzene rings is 1. The van der Waals surface area contributed by atoms with Gasteiger partial charge in [-0.1, -0.05) is 38.1 Å². The van der Waals surface area contributed by atoms with Crippen molar-refractivity contribution in [3.8, 4) is 0 Å². The number of aliphatic carboxylic acids is 1. The summed E-state index contributed by atoms with van der Waals surface area (Å²) in [4.78, 5) is 11.0. The molecule has 0 aromatic heterocycles. The average molecular weight is 176 g/mol. The quantitative estimate of drug-likeness (QED) is 0.711. The van der Waals surface area contributed by atoms with Gasteiger partial charge in [-0.25, -0.2) is 0 Å². The van der Waals surface area contributed by atoms with Crippen molar-refractivity contribution in [2.24, 2.45) is 0 Å². The highest BCUT2D eigenvalue weighted by molar-refractivity contribution is 5.83. The van der Waals surface area contributed by atoms with Crippen LogP contribution in [0.5, 0.6) is 0 Å². The van der Waals surface area contributed by atoms with Crippen LogP contribution in [0, 0.1) is 0 Å². The third-order valence-electron chi connectivity index (χ3n) is 2.93. The molecule has 1 atom stereocenters. The van der Waals surface area contributed by atoms with Gasteiger partial charge in [0.2, 0.25) is 0 Å². The highest BCUT2D eigenvalue weighted by Crippen LogP contribution is 2.50. The highest BCUT2D eigenvalue weighted by atomic mass is 16.4. The first-order valence-corrected chi connectivity index (χ1v) is 4.37. The monoisotopic (exact) mass is 176 g/mol. The molecule has 0 aliphatic heterocycles. The van der Waals surface area contributed by atoms with Gasteiger partial charge in [-0.3, -0.25) is 4.79 Å². The van der Waals surface area contributed by atoms with Crippen molar-refractivity contribution in [3.63, 3.8) is 0 Å². The van der Waals surface area contributed by atoms with Gasteiger partial charge in [-0.05, 0) is 11.1 Å². The molecule has 1 aromatic rings. The van der Waals surface area contributed by atoms with Crippen molar-refractivity contribution in [2.45, 2.75) is 25.2 Å². The standard InChI is InChI=1S/C11H12O2/c1-11(2)8-6-4-3-5-7(8)9(11)10(12)13/h3-6,9H,1-2H3,(H,12,13). The van der Waals surface area contributed by atoms with Gasteiger partial charge >= 0.3 is 5.97 Å². The minimum absolute atomic E-state index is 0.206. The summed E-state index contributed by atoms with van der Waals surface area (Å²) >= 11 is 0. The predicted octanol–water partition coefficient (Wildman–Crippen LogP) is 2.15. The number of rotatable bonds is 1. The van der Waals surface area contributed by atoms with E-state index in [1.807, 2.05) is 38.1 Å². The summed E-state index contributed by atoms with van der Waals surface area (Å²) in [7, 11) is 0. The van der Waals surface area contributed by atoms with Crippen LogP contribution in [0.2, 0.25) is 0 Å². The molecule has 1 aliphatic rings. The van der Waals surface area contributed by atoms with Gasteiger partial charge in [0, 0.05) is 5.41 Å². The molecule has 2 rings (SSSR count). The molecule has 0 amide bonds. The zero-order chi connectivity index (χ0) is 9.64. The second kappa shape index (κ2) is 2.34. The van der Waals surface area contributed by atoms with E-state index < -0.39 is 5.97 Å². The van der Waals surface area contributed by atoms with Crippen LogP contribution >= 0.6 is 0 Å². The van der Waals surface area contributed by atoms with Gasteiger partial charge in [-0.15, -0.1) is 0 Å². The van der Waals surface area contributed by atoms with Crippen LogP contribution in [0.15, 0.2) is 24.3 Å². The van der Waals surface area contributed by atoms with E-state index in [1.54, 1.807) is 0 Å². The summed E-state index contributed by atoms with van der Waals surface area (Å²) in [5.41, 5.74) is 1.94. The second-order valence-corrected chi connectivity index (χ2v) is 4.08. The van der Waals surface area contributed by atoms with E-state index >= 15 is 0 Å². The maximum atomic E-state index is 11.0. The molecule has 1 unspecified atom stereocenters. The van der Waals surface area contributed by atoms with E-state index in [1.165, 1.54) is 5.56 Å². The molecule has 0 bridgehead atoms. The molecule has 1 aliphatic carbocycles. The largest absolute Gasteiger partial charge is 0.481 e. The molecular formula is C11H12O2. The Balaban J connectivity index is 2.53. The Morgan fingerprint density at radius 3 is 2.62 bits per heavy atom. The fraction of sp³-hybridized carbons (Fsp3) is 0.364. The molecule has 0 spiro atoms. The molecule has 0 heterocycles. The molecule has 13 heavy (non-hydrogen) atoms. The summed E-state index contributed by atoms with van der Waals surface area (Å²) in [5, 5.41) is 9.02. The Labute approximate surface area is 77.2 Å². The SMILES string of the molecule is CC1(C)c2ccccc2C1C(=O)O. The molecule has 0 saturated carbocycles. The Morgan fingerprint density at radius 2 is 2.00 bits per heavy atom. The van der Waals surface area contributed by atoms with Crippen LogP contribution in [0.1, 0.15) is 30.9 Å². The molecule has 1 N–H and O–H groups in total. The van der Waals surface area contributed by atoms with E-state index in [-0.39, 0.29) is 11.3 Å². The van der Waals surface area contributed by atoms with Crippen LogP contribution in [-0.2, 0) is 10.2 Å². The van der Waals surface area contributed by atoms with E-state index in [4.69, 9.17) is 5.11 Å². The zero-order valence-corrected chi connectivity index (χ0v) is 7.74. The van der Waals surface area contributed by atoms with Gasteiger partial charge in [0.05, 0.1) is 5.92 Å². The van der Waals surface area contributed by atoms with Gasteiger partial charge in [0.15, 0.2) is 0 Å². The van der Waals surface area contributed by atoms with Crippen molar-refractivity contribution >= 4 is 5.97 Å². The molecule has 2 heteroatoms. The van der Waals surface area contributed by atoms with Crippen molar-refractivity contribution in [2.75, 3.05) is 0 Å². The lowest BCUT2D eigenvalue weighted by Crippen LogP contribution is -2.42. The minimum Gasteiger partial charge on any atom is -0.481 e. The first kappa shape index (κ1) is 8.30. The zero-order valence-electron chi connectivity index (χ0n) is 7.74. The lowest BCUT2D eigenvalue weighted by Gasteiger charge is -2.44. The summed E-state index contributed by atoms with van der Waals surface area (Å²) in [6.07, 6.45) is 0. The third kappa shape index (κ3) is 0.916. The number of carboxylic acid groups (broad SMARTS) is 1. The van der Waals surface area contributed by atoms with Gasteiger partial charge in [-0.2, -0.15) is 0 Å². The summed E-state index contributed by atoms with van der Waals surface area (Å²) < 4.78 is 0. The van der Waals surface area contributed by atoms with Crippen LogP contribution < -0.4 is 0 Å². The van der Waals surface area contributed by atoms with Crippen molar-refractivity contribution in [1.82, 2.24) is 0 Å². The van der Waals surface area contributed by atoms with E-state index in [0.717, 1.165) is 5.56 Å². The fourth-order valence-electron chi connectivity index (χ4n) is 2.24. The second-order valence-electron chi connectivity index (χ2n) is 4.08.